The van der Waals surface area contributed by atoms with Crippen molar-refractivity contribution in [2.24, 2.45) is 0 Å². The largest absolute Gasteiger partial charge is 0.494 e. The molecule has 0 bridgehead atoms. The predicted octanol–water partition coefficient (Wildman–Crippen LogP) is 4.89. The third kappa shape index (κ3) is 4.97. The Labute approximate surface area is 155 Å². The number of carbonyl (C=O) groups excluding carboxylic acids is 1. The van der Waals surface area contributed by atoms with Gasteiger partial charge in [0.25, 0.3) is 5.91 Å². The second kappa shape index (κ2) is 9.43. The lowest BCUT2D eigenvalue weighted by molar-refractivity contribution is -0.112. The number of benzene rings is 2. The van der Waals surface area contributed by atoms with E-state index in [1.54, 1.807) is 6.08 Å². The van der Waals surface area contributed by atoms with Crippen LogP contribution < -0.4 is 10.1 Å². The molecule has 0 aliphatic heterocycles. The Balaban J connectivity index is 2.19. The van der Waals surface area contributed by atoms with Crippen molar-refractivity contribution in [1.29, 1.82) is 5.26 Å². The summed E-state index contributed by atoms with van der Waals surface area (Å²) in [6.45, 7) is 6.69. The summed E-state index contributed by atoms with van der Waals surface area (Å²) in [5.74, 6) is 0.377. The molecule has 0 saturated carbocycles. The average Bonchev–Trinajstić information content (AvgIpc) is 2.66. The topological polar surface area (TPSA) is 62.1 Å². The monoisotopic (exact) mass is 348 g/mol. The van der Waals surface area contributed by atoms with Crippen molar-refractivity contribution in [2.75, 3.05) is 11.9 Å². The number of hydrogen-bond acceptors (Lipinski definition) is 3. The molecule has 2 aromatic carbocycles. The Morgan fingerprint density at radius 3 is 2.54 bits per heavy atom. The lowest BCUT2D eigenvalue weighted by Gasteiger charge is -2.12. The highest BCUT2D eigenvalue weighted by molar-refractivity contribution is 6.10. The quantitative estimate of drug-likeness (QED) is 0.572. The molecule has 1 N–H and O–H groups in total. The van der Waals surface area contributed by atoms with Gasteiger partial charge in [0, 0.05) is 5.69 Å². The summed E-state index contributed by atoms with van der Waals surface area (Å²) in [5.41, 5.74) is 3.66. The summed E-state index contributed by atoms with van der Waals surface area (Å²) in [7, 11) is 0. The molecule has 0 spiro atoms. The Bertz CT molecular complexity index is 830. The number of hydrogen-bond donors (Lipinski definition) is 1. The summed E-state index contributed by atoms with van der Waals surface area (Å²) in [6, 6.07) is 15.2. The van der Waals surface area contributed by atoms with Crippen LogP contribution in [0.4, 0.5) is 5.69 Å². The van der Waals surface area contributed by atoms with Crippen molar-refractivity contribution in [3.63, 3.8) is 0 Å². The second-order valence-electron chi connectivity index (χ2n) is 6.00. The highest BCUT2D eigenvalue weighted by atomic mass is 16.5. The standard InChI is InChI=1S/C22H24N2O2/c1-4-13-26-20-11-9-17(10-12-20)14-19(15-23)22(25)24-21-16(3)7-6-8-18(21)5-2/h6-12,14H,4-5,13H2,1-3H3,(H,24,25)/b19-14+. The van der Waals surface area contributed by atoms with Gasteiger partial charge in [0.2, 0.25) is 0 Å². The molecule has 4 nitrogen and oxygen atoms in total. The van der Waals surface area contributed by atoms with Gasteiger partial charge in [-0.05, 0) is 54.7 Å². The average molecular weight is 348 g/mol. The molecular formula is C22H24N2O2. The molecule has 0 radical (unpaired) electrons. The van der Waals surface area contributed by atoms with Gasteiger partial charge < -0.3 is 10.1 Å². The van der Waals surface area contributed by atoms with Gasteiger partial charge in [-0.1, -0.05) is 44.2 Å². The van der Waals surface area contributed by atoms with Crippen molar-refractivity contribution in [1.82, 2.24) is 0 Å². The molecule has 0 aromatic heterocycles. The number of para-hydroxylation sites is 1. The predicted molar refractivity (Wildman–Crippen MR) is 105 cm³/mol. The van der Waals surface area contributed by atoms with Crippen LogP contribution in [-0.4, -0.2) is 12.5 Å². The minimum Gasteiger partial charge on any atom is -0.494 e. The smallest absolute Gasteiger partial charge is 0.266 e. The van der Waals surface area contributed by atoms with E-state index in [0.29, 0.717) is 6.61 Å². The summed E-state index contributed by atoms with van der Waals surface area (Å²) >= 11 is 0. The highest BCUT2D eigenvalue weighted by Crippen LogP contribution is 2.22. The van der Waals surface area contributed by atoms with Crippen molar-refractivity contribution in [2.45, 2.75) is 33.6 Å². The summed E-state index contributed by atoms with van der Waals surface area (Å²) in [5, 5.41) is 12.3. The third-order valence-electron chi connectivity index (χ3n) is 4.01. The van der Waals surface area contributed by atoms with E-state index in [1.165, 1.54) is 0 Å². The molecule has 0 unspecified atom stereocenters. The second-order valence-corrected chi connectivity index (χ2v) is 6.00. The third-order valence-corrected chi connectivity index (χ3v) is 4.01. The normalized spacial score (nSPS) is 10.9. The van der Waals surface area contributed by atoms with Crippen LogP contribution in [-0.2, 0) is 11.2 Å². The van der Waals surface area contributed by atoms with Crippen LogP contribution in [0.25, 0.3) is 6.08 Å². The van der Waals surface area contributed by atoms with Crippen LogP contribution in [0.15, 0.2) is 48.0 Å². The number of nitrogens with one attached hydrogen (secondary N) is 1. The van der Waals surface area contributed by atoms with E-state index in [9.17, 15) is 10.1 Å². The molecule has 0 fully saturated rings. The van der Waals surface area contributed by atoms with E-state index in [0.717, 1.165) is 41.0 Å². The molecule has 0 heterocycles. The van der Waals surface area contributed by atoms with Crippen molar-refractivity contribution < 1.29 is 9.53 Å². The summed E-state index contributed by atoms with van der Waals surface area (Å²) in [4.78, 5) is 12.6. The first kappa shape index (κ1) is 19.3. The molecular weight excluding hydrogens is 324 g/mol. The molecule has 1 amide bonds. The van der Waals surface area contributed by atoms with Gasteiger partial charge in [0.15, 0.2) is 0 Å². The van der Waals surface area contributed by atoms with E-state index in [1.807, 2.05) is 69.3 Å². The van der Waals surface area contributed by atoms with Gasteiger partial charge in [-0.3, -0.25) is 4.79 Å². The van der Waals surface area contributed by atoms with Gasteiger partial charge in [-0.2, -0.15) is 5.26 Å². The molecule has 4 heteroatoms. The first-order valence-corrected chi connectivity index (χ1v) is 8.83. The van der Waals surface area contributed by atoms with Crippen LogP contribution in [0.3, 0.4) is 0 Å². The van der Waals surface area contributed by atoms with Crippen molar-refractivity contribution in [3.8, 4) is 11.8 Å². The number of carbonyl (C=O) groups is 1. The number of aryl methyl sites for hydroxylation is 2. The van der Waals surface area contributed by atoms with Crippen molar-refractivity contribution in [3.05, 3.63) is 64.7 Å². The SMILES string of the molecule is CCCOc1ccc(/C=C(\C#N)C(=O)Nc2c(C)cccc2CC)cc1. The van der Waals surface area contributed by atoms with Gasteiger partial charge in [-0.25, -0.2) is 0 Å². The van der Waals surface area contributed by atoms with Gasteiger partial charge in [-0.15, -0.1) is 0 Å². The zero-order valence-corrected chi connectivity index (χ0v) is 15.5. The minimum atomic E-state index is -0.400. The van der Waals surface area contributed by atoms with E-state index in [4.69, 9.17) is 4.74 Å². The van der Waals surface area contributed by atoms with Gasteiger partial charge >= 0.3 is 0 Å². The van der Waals surface area contributed by atoms with E-state index in [2.05, 4.69) is 5.32 Å². The Hall–Kier alpha value is -3.06. The van der Waals surface area contributed by atoms with Crippen LogP contribution in [0.5, 0.6) is 5.75 Å². The maximum atomic E-state index is 12.6. The summed E-state index contributed by atoms with van der Waals surface area (Å²) in [6.07, 6.45) is 3.34. The van der Waals surface area contributed by atoms with Crippen LogP contribution in [0.1, 0.15) is 37.0 Å². The fourth-order valence-electron chi connectivity index (χ4n) is 2.58. The Morgan fingerprint density at radius 1 is 1.19 bits per heavy atom. The van der Waals surface area contributed by atoms with E-state index in [-0.39, 0.29) is 5.57 Å². The molecule has 0 saturated heterocycles. The van der Waals surface area contributed by atoms with Crippen molar-refractivity contribution >= 4 is 17.7 Å². The number of amides is 1. The van der Waals surface area contributed by atoms with Gasteiger partial charge in [0.05, 0.1) is 6.61 Å². The first-order valence-electron chi connectivity index (χ1n) is 8.83. The number of ether oxygens (including phenoxy) is 1. The Kier molecular flexibility index (Phi) is 6.99. The molecule has 2 rings (SSSR count). The molecule has 2 aromatic rings. The number of anilines is 1. The maximum Gasteiger partial charge on any atom is 0.266 e. The van der Waals surface area contributed by atoms with Crippen LogP contribution in [0, 0.1) is 18.3 Å². The zero-order valence-electron chi connectivity index (χ0n) is 15.5. The lowest BCUT2D eigenvalue weighted by Crippen LogP contribution is -2.15. The fraction of sp³-hybridized carbons (Fsp3) is 0.273. The van der Waals surface area contributed by atoms with E-state index >= 15 is 0 Å². The molecule has 0 aliphatic rings. The highest BCUT2D eigenvalue weighted by Gasteiger charge is 2.13. The number of rotatable bonds is 7. The molecule has 134 valence electrons. The van der Waals surface area contributed by atoms with Crippen LogP contribution in [0.2, 0.25) is 0 Å². The fourth-order valence-corrected chi connectivity index (χ4v) is 2.58. The lowest BCUT2D eigenvalue weighted by atomic mass is 10.0. The van der Waals surface area contributed by atoms with Crippen LogP contribution >= 0.6 is 0 Å². The molecule has 0 aliphatic carbocycles. The first-order chi connectivity index (χ1) is 12.6. The Morgan fingerprint density at radius 2 is 1.92 bits per heavy atom. The number of nitrogens with zero attached hydrogens (tertiary/aromatic N) is 1. The number of nitriles is 1. The minimum absolute atomic E-state index is 0.0672. The zero-order chi connectivity index (χ0) is 18.9. The van der Waals surface area contributed by atoms with Gasteiger partial charge in [0.1, 0.15) is 17.4 Å². The summed E-state index contributed by atoms with van der Waals surface area (Å²) < 4.78 is 5.54. The maximum absolute atomic E-state index is 12.6. The molecule has 26 heavy (non-hydrogen) atoms. The molecule has 0 atom stereocenters. The van der Waals surface area contributed by atoms with E-state index < -0.39 is 5.91 Å².